The number of nitrogens with zero attached hydrogens (tertiary/aromatic N) is 3. The number of ether oxygens (including phenoxy) is 3. The summed E-state index contributed by atoms with van der Waals surface area (Å²) < 4.78 is 17.1. The Morgan fingerprint density at radius 3 is 2.54 bits per heavy atom. The molecule has 1 atom stereocenters. The topological polar surface area (TPSA) is 56.7 Å². The molecule has 1 saturated heterocycles. The van der Waals surface area contributed by atoms with E-state index in [-0.39, 0.29) is 6.10 Å². The van der Waals surface area contributed by atoms with E-state index in [0.717, 1.165) is 48.3 Å². The summed E-state index contributed by atoms with van der Waals surface area (Å²) in [6, 6.07) is 12.1. The quantitative estimate of drug-likeness (QED) is 0.668. The van der Waals surface area contributed by atoms with E-state index in [4.69, 9.17) is 14.2 Å². The molecule has 0 N–H and O–H groups in total. The van der Waals surface area contributed by atoms with Crippen LogP contribution in [0.4, 0.5) is 5.82 Å². The Balaban J connectivity index is 1.60. The molecule has 0 radical (unpaired) electrons. The second-order valence-corrected chi connectivity index (χ2v) is 7.10. The molecule has 1 aliphatic rings. The van der Waals surface area contributed by atoms with Crippen LogP contribution in [0.1, 0.15) is 18.4 Å². The van der Waals surface area contributed by atoms with Crippen LogP contribution >= 0.6 is 0 Å². The molecule has 4 rings (SSSR count). The smallest absolute Gasteiger partial charge is 0.161 e. The fraction of sp³-hybridized carbons (Fsp3) is 0.364. The van der Waals surface area contributed by atoms with Crippen molar-refractivity contribution in [2.75, 3.05) is 32.2 Å². The first-order chi connectivity index (χ1) is 13.7. The van der Waals surface area contributed by atoms with E-state index in [2.05, 4.69) is 34.2 Å². The number of hydrogen-bond donors (Lipinski definition) is 0. The van der Waals surface area contributed by atoms with Crippen molar-refractivity contribution in [2.45, 2.75) is 25.9 Å². The number of aryl methyl sites for hydroxylation is 1. The normalized spacial score (nSPS) is 16.8. The van der Waals surface area contributed by atoms with Gasteiger partial charge in [-0.3, -0.25) is 0 Å². The number of benzene rings is 2. The van der Waals surface area contributed by atoms with Gasteiger partial charge in [-0.25, -0.2) is 0 Å². The van der Waals surface area contributed by atoms with Crippen molar-refractivity contribution in [3.63, 3.8) is 0 Å². The van der Waals surface area contributed by atoms with E-state index in [1.54, 1.807) is 20.4 Å². The highest BCUT2D eigenvalue weighted by Crippen LogP contribution is 2.36. The van der Waals surface area contributed by atoms with Crippen LogP contribution in [-0.4, -0.2) is 43.6 Å². The zero-order chi connectivity index (χ0) is 19.5. The summed E-state index contributed by atoms with van der Waals surface area (Å²) in [5, 5.41) is 10.6. The van der Waals surface area contributed by atoms with Gasteiger partial charge in [0.15, 0.2) is 17.3 Å². The van der Waals surface area contributed by atoms with Crippen LogP contribution < -0.4 is 19.1 Å². The average Bonchev–Trinajstić information content (AvgIpc) is 2.74. The molecule has 146 valence electrons. The molecule has 0 amide bonds. The summed E-state index contributed by atoms with van der Waals surface area (Å²) in [7, 11) is 3.28. The van der Waals surface area contributed by atoms with Crippen LogP contribution in [0.5, 0.6) is 17.2 Å². The summed E-state index contributed by atoms with van der Waals surface area (Å²) in [6.07, 6.45) is 3.95. The molecule has 0 spiro atoms. The molecule has 2 aromatic carbocycles. The lowest BCUT2D eigenvalue weighted by atomic mass is 10.1. The highest BCUT2D eigenvalue weighted by Gasteiger charge is 2.24. The summed E-state index contributed by atoms with van der Waals surface area (Å²) in [6.45, 7) is 3.78. The van der Waals surface area contributed by atoms with Gasteiger partial charge >= 0.3 is 0 Å². The van der Waals surface area contributed by atoms with Gasteiger partial charge in [-0.1, -0.05) is 17.7 Å². The molecule has 0 aliphatic carbocycles. The fourth-order valence-corrected chi connectivity index (χ4v) is 3.66. The van der Waals surface area contributed by atoms with Gasteiger partial charge in [0.1, 0.15) is 11.9 Å². The number of hydrogen-bond acceptors (Lipinski definition) is 6. The molecular formula is C22H25N3O3. The molecule has 1 aromatic heterocycles. The lowest BCUT2D eigenvalue weighted by Crippen LogP contribution is -2.41. The molecule has 1 fully saturated rings. The minimum absolute atomic E-state index is 0.119. The maximum Gasteiger partial charge on any atom is 0.161 e. The van der Waals surface area contributed by atoms with Crippen LogP contribution in [0.25, 0.3) is 10.8 Å². The monoisotopic (exact) mass is 379 g/mol. The molecule has 6 nitrogen and oxygen atoms in total. The van der Waals surface area contributed by atoms with Gasteiger partial charge in [0.05, 0.1) is 27.0 Å². The highest BCUT2D eigenvalue weighted by molar-refractivity contribution is 5.94. The Labute approximate surface area is 165 Å². The van der Waals surface area contributed by atoms with Gasteiger partial charge in [0.25, 0.3) is 0 Å². The minimum atomic E-state index is 0.119. The van der Waals surface area contributed by atoms with Gasteiger partial charge in [-0.15, -0.1) is 5.10 Å². The zero-order valence-corrected chi connectivity index (χ0v) is 16.5. The molecule has 0 bridgehead atoms. The summed E-state index contributed by atoms with van der Waals surface area (Å²) in [5.74, 6) is 3.14. The Bertz CT molecular complexity index is 959. The second kappa shape index (κ2) is 7.92. The third-order valence-electron chi connectivity index (χ3n) is 5.15. The Morgan fingerprint density at radius 2 is 1.79 bits per heavy atom. The van der Waals surface area contributed by atoms with Crippen molar-refractivity contribution in [3.05, 3.63) is 48.2 Å². The predicted octanol–water partition coefficient (Wildman–Crippen LogP) is 4.00. The lowest BCUT2D eigenvalue weighted by molar-refractivity contribution is 0.179. The Morgan fingerprint density at radius 1 is 1.04 bits per heavy atom. The van der Waals surface area contributed by atoms with Gasteiger partial charge in [-0.05, 0) is 44.0 Å². The molecule has 0 saturated carbocycles. The first-order valence-electron chi connectivity index (χ1n) is 9.53. The first-order valence-corrected chi connectivity index (χ1v) is 9.53. The van der Waals surface area contributed by atoms with Gasteiger partial charge in [-0.2, -0.15) is 5.10 Å². The number of methoxy groups -OCH3 is 2. The molecule has 6 heteroatoms. The highest BCUT2D eigenvalue weighted by atomic mass is 16.5. The van der Waals surface area contributed by atoms with Crippen molar-refractivity contribution in [3.8, 4) is 17.2 Å². The van der Waals surface area contributed by atoms with Gasteiger partial charge < -0.3 is 19.1 Å². The summed E-state index contributed by atoms with van der Waals surface area (Å²) in [4.78, 5) is 2.25. The maximum atomic E-state index is 6.22. The van der Waals surface area contributed by atoms with Crippen LogP contribution in [0.2, 0.25) is 0 Å². The number of aromatic nitrogens is 2. The van der Waals surface area contributed by atoms with E-state index >= 15 is 0 Å². The number of fused-ring (bicyclic) bond motifs is 1. The number of anilines is 1. The van der Waals surface area contributed by atoms with Crippen molar-refractivity contribution < 1.29 is 14.2 Å². The molecule has 3 aromatic rings. The van der Waals surface area contributed by atoms with Crippen LogP contribution in [0.15, 0.2) is 42.6 Å². The van der Waals surface area contributed by atoms with E-state index in [1.165, 1.54) is 5.56 Å². The first kappa shape index (κ1) is 18.3. The number of rotatable bonds is 5. The van der Waals surface area contributed by atoms with Crippen molar-refractivity contribution in [2.24, 2.45) is 0 Å². The Kier molecular flexibility index (Phi) is 5.19. The minimum Gasteiger partial charge on any atom is -0.493 e. The standard InChI is InChI=1S/C22H25N3O3/c1-15-6-8-17(9-7-15)28-18-5-4-10-25(14-18)22-19-12-21(27-3)20(26-2)11-16(19)13-23-24-22/h6-9,11-13,18H,4-5,10,14H2,1-3H3. The largest absolute Gasteiger partial charge is 0.493 e. The lowest BCUT2D eigenvalue weighted by Gasteiger charge is -2.34. The summed E-state index contributed by atoms with van der Waals surface area (Å²) >= 11 is 0. The third kappa shape index (κ3) is 3.67. The molecule has 1 unspecified atom stereocenters. The SMILES string of the molecule is COc1cc2cnnc(N3CCCC(Oc4ccc(C)cc4)C3)c2cc1OC. The Hall–Kier alpha value is -3.02. The fourth-order valence-electron chi connectivity index (χ4n) is 3.66. The van der Waals surface area contributed by atoms with E-state index < -0.39 is 0 Å². The van der Waals surface area contributed by atoms with E-state index in [1.807, 2.05) is 24.3 Å². The second-order valence-electron chi connectivity index (χ2n) is 7.10. The van der Waals surface area contributed by atoms with Crippen LogP contribution in [-0.2, 0) is 0 Å². The molecule has 2 heterocycles. The van der Waals surface area contributed by atoms with Gasteiger partial charge in [0.2, 0.25) is 0 Å². The molecule has 1 aliphatic heterocycles. The van der Waals surface area contributed by atoms with Crippen LogP contribution in [0, 0.1) is 6.92 Å². The third-order valence-corrected chi connectivity index (χ3v) is 5.15. The van der Waals surface area contributed by atoms with Crippen molar-refractivity contribution in [1.82, 2.24) is 10.2 Å². The van der Waals surface area contributed by atoms with Crippen molar-refractivity contribution in [1.29, 1.82) is 0 Å². The van der Waals surface area contributed by atoms with Gasteiger partial charge in [0, 0.05) is 17.3 Å². The number of piperidine rings is 1. The molecule has 28 heavy (non-hydrogen) atoms. The van der Waals surface area contributed by atoms with Crippen LogP contribution in [0.3, 0.4) is 0 Å². The predicted molar refractivity (Wildman–Crippen MR) is 110 cm³/mol. The van der Waals surface area contributed by atoms with Crippen molar-refractivity contribution >= 4 is 16.6 Å². The van der Waals surface area contributed by atoms with E-state index in [0.29, 0.717) is 11.5 Å². The van der Waals surface area contributed by atoms with E-state index in [9.17, 15) is 0 Å². The molecular weight excluding hydrogens is 354 g/mol. The zero-order valence-electron chi connectivity index (χ0n) is 16.5. The average molecular weight is 379 g/mol. The maximum absolute atomic E-state index is 6.22. The summed E-state index contributed by atoms with van der Waals surface area (Å²) in [5.41, 5.74) is 1.23.